The van der Waals surface area contributed by atoms with Crippen molar-refractivity contribution in [3.63, 3.8) is 0 Å². The molecule has 0 fully saturated rings. The first-order chi connectivity index (χ1) is 12.0. The molecule has 0 aliphatic rings. The van der Waals surface area contributed by atoms with Crippen LogP contribution in [0.1, 0.15) is 23.8 Å². The molecule has 1 aromatic carbocycles. The van der Waals surface area contributed by atoms with Crippen molar-refractivity contribution in [1.29, 1.82) is 0 Å². The number of anilines is 1. The predicted octanol–water partition coefficient (Wildman–Crippen LogP) is 1.42. The van der Waals surface area contributed by atoms with Gasteiger partial charge in [0.1, 0.15) is 12.7 Å². The van der Waals surface area contributed by atoms with Crippen LogP contribution in [0.2, 0.25) is 5.15 Å². The lowest BCUT2D eigenvalue weighted by Crippen LogP contribution is -2.30. The van der Waals surface area contributed by atoms with Gasteiger partial charge in [-0.2, -0.15) is 0 Å². The molecule has 0 radical (unpaired) electrons. The van der Waals surface area contributed by atoms with Crippen LogP contribution in [0.5, 0.6) is 0 Å². The van der Waals surface area contributed by atoms with Crippen molar-refractivity contribution in [1.82, 2.24) is 15.3 Å². The van der Waals surface area contributed by atoms with Crippen LogP contribution in [0.3, 0.4) is 0 Å². The molecule has 9 heteroatoms. The summed E-state index contributed by atoms with van der Waals surface area (Å²) in [5.74, 6) is 0.0370. The van der Waals surface area contributed by atoms with Crippen LogP contribution in [0.25, 0.3) is 0 Å². The van der Waals surface area contributed by atoms with Crippen molar-refractivity contribution >= 4 is 23.5 Å². The summed E-state index contributed by atoms with van der Waals surface area (Å²) in [4.78, 5) is 19.2. The number of aliphatic hydroxyl groups is 2. The van der Waals surface area contributed by atoms with E-state index in [1.807, 2.05) is 30.3 Å². The fraction of sp³-hybridized carbons (Fsp3) is 0.312. The molecule has 0 bridgehead atoms. The smallest absolute Gasteiger partial charge is 0.407 e. The van der Waals surface area contributed by atoms with Gasteiger partial charge in [-0.15, -0.1) is 0 Å². The highest BCUT2D eigenvalue weighted by molar-refractivity contribution is 6.31. The quantitative estimate of drug-likeness (QED) is 0.582. The summed E-state index contributed by atoms with van der Waals surface area (Å²) < 4.78 is 5.04. The number of alkyl carbamates (subject to hydrolysis) is 1. The van der Waals surface area contributed by atoms with E-state index in [2.05, 4.69) is 15.3 Å². The van der Waals surface area contributed by atoms with Crippen LogP contribution >= 0.6 is 11.6 Å². The van der Waals surface area contributed by atoms with Crippen LogP contribution in [0.4, 0.5) is 10.6 Å². The number of amides is 1. The second kappa shape index (κ2) is 9.16. The maximum Gasteiger partial charge on any atom is 0.407 e. The van der Waals surface area contributed by atoms with Crippen LogP contribution in [0.15, 0.2) is 36.5 Å². The zero-order valence-corrected chi connectivity index (χ0v) is 14.1. The summed E-state index contributed by atoms with van der Waals surface area (Å²) in [6, 6.07) is 9.24. The van der Waals surface area contributed by atoms with E-state index in [9.17, 15) is 15.0 Å². The normalized spacial score (nSPS) is 13.1. The first kappa shape index (κ1) is 18.9. The van der Waals surface area contributed by atoms with E-state index in [0.29, 0.717) is 0 Å². The third-order valence-electron chi connectivity index (χ3n) is 3.36. The van der Waals surface area contributed by atoms with Gasteiger partial charge in [0.05, 0.1) is 18.0 Å². The van der Waals surface area contributed by atoms with Crippen molar-refractivity contribution in [2.75, 3.05) is 12.3 Å². The van der Waals surface area contributed by atoms with Gasteiger partial charge in [-0.1, -0.05) is 41.9 Å². The average Bonchev–Trinajstić information content (AvgIpc) is 2.62. The lowest BCUT2D eigenvalue weighted by atomic mass is 10.1. The Hall–Kier alpha value is -2.42. The van der Waals surface area contributed by atoms with E-state index < -0.39 is 18.3 Å². The topological polar surface area (TPSA) is 131 Å². The van der Waals surface area contributed by atoms with Crippen molar-refractivity contribution in [2.45, 2.75) is 25.2 Å². The lowest BCUT2D eigenvalue weighted by molar-refractivity contribution is 0.0109. The van der Waals surface area contributed by atoms with Crippen molar-refractivity contribution in [2.24, 2.45) is 0 Å². The number of aliphatic hydroxyl groups excluding tert-OH is 2. The molecular weight excluding hydrogens is 348 g/mol. The van der Waals surface area contributed by atoms with E-state index in [1.165, 1.54) is 6.20 Å². The van der Waals surface area contributed by atoms with Gasteiger partial charge in [0, 0.05) is 6.54 Å². The van der Waals surface area contributed by atoms with E-state index in [1.54, 1.807) is 0 Å². The monoisotopic (exact) mass is 366 g/mol. The molecule has 2 aromatic rings. The minimum Gasteiger partial charge on any atom is -0.445 e. The van der Waals surface area contributed by atoms with Crippen molar-refractivity contribution in [3.05, 3.63) is 52.9 Å². The zero-order valence-electron chi connectivity index (χ0n) is 13.3. The number of hydrogen-bond donors (Lipinski definition) is 4. The number of nitrogen functional groups attached to an aromatic ring is 1. The first-order valence-electron chi connectivity index (χ1n) is 7.56. The Bertz CT molecular complexity index is 702. The molecule has 0 spiro atoms. The molecular formula is C16H19ClN4O4. The molecule has 25 heavy (non-hydrogen) atoms. The largest absolute Gasteiger partial charge is 0.445 e. The highest BCUT2D eigenvalue weighted by Gasteiger charge is 2.21. The van der Waals surface area contributed by atoms with Gasteiger partial charge in [-0.05, 0) is 12.0 Å². The van der Waals surface area contributed by atoms with Crippen molar-refractivity contribution in [3.8, 4) is 0 Å². The van der Waals surface area contributed by atoms with Crippen molar-refractivity contribution < 1.29 is 19.7 Å². The second-order valence-electron chi connectivity index (χ2n) is 5.26. The molecule has 0 saturated heterocycles. The Morgan fingerprint density at radius 2 is 2.04 bits per heavy atom. The number of rotatable bonds is 7. The summed E-state index contributed by atoms with van der Waals surface area (Å²) in [6.07, 6.45) is -1.75. The number of carbonyl (C=O) groups is 1. The number of ether oxygens (including phenoxy) is 1. The molecule has 1 amide bonds. The minimum absolute atomic E-state index is 0.0370. The molecule has 1 heterocycles. The van der Waals surface area contributed by atoms with Gasteiger partial charge in [-0.3, -0.25) is 0 Å². The Balaban J connectivity index is 1.72. The Kier molecular flexibility index (Phi) is 6.93. The van der Waals surface area contributed by atoms with Crippen LogP contribution in [-0.2, 0) is 11.3 Å². The molecule has 0 saturated carbocycles. The molecule has 0 aliphatic carbocycles. The van der Waals surface area contributed by atoms with E-state index in [-0.39, 0.29) is 36.2 Å². The zero-order chi connectivity index (χ0) is 18.2. The summed E-state index contributed by atoms with van der Waals surface area (Å²) in [5.41, 5.74) is 6.40. The van der Waals surface area contributed by atoms with Crippen LogP contribution < -0.4 is 11.1 Å². The number of aromatic nitrogens is 2. The Morgan fingerprint density at radius 1 is 1.32 bits per heavy atom. The van der Waals surface area contributed by atoms with Gasteiger partial charge in [0.25, 0.3) is 0 Å². The summed E-state index contributed by atoms with van der Waals surface area (Å²) in [7, 11) is 0. The maximum atomic E-state index is 11.6. The summed E-state index contributed by atoms with van der Waals surface area (Å²) >= 11 is 5.73. The van der Waals surface area contributed by atoms with E-state index in [4.69, 9.17) is 22.1 Å². The van der Waals surface area contributed by atoms with Gasteiger partial charge in [-0.25, -0.2) is 14.8 Å². The second-order valence-corrected chi connectivity index (χ2v) is 5.62. The molecule has 2 unspecified atom stereocenters. The van der Waals surface area contributed by atoms with Crippen LogP contribution in [-0.4, -0.2) is 38.9 Å². The van der Waals surface area contributed by atoms with Gasteiger partial charge < -0.3 is 26.0 Å². The third-order valence-corrected chi connectivity index (χ3v) is 3.64. The molecule has 0 aliphatic heterocycles. The van der Waals surface area contributed by atoms with Gasteiger partial charge in [0.2, 0.25) is 0 Å². The van der Waals surface area contributed by atoms with E-state index >= 15 is 0 Å². The fourth-order valence-electron chi connectivity index (χ4n) is 1.98. The average molecular weight is 367 g/mol. The molecule has 2 rings (SSSR count). The summed E-state index contributed by atoms with van der Waals surface area (Å²) in [5, 5.41) is 22.4. The van der Waals surface area contributed by atoms with E-state index in [0.717, 1.165) is 5.56 Å². The van der Waals surface area contributed by atoms with Gasteiger partial charge >= 0.3 is 6.09 Å². The maximum absolute atomic E-state index is 11.6. The number of nitrogens with zero attached hydrogens (tertiary/aromatic N) is 2. The lowest BCUT2D eigenvalue weighted by Gasteiger charge is -2.17. The SMILES string of the molecule is Nc1ncc(C(O)C(O)CCNC(=O)OCc2ccccc2)nc1Cl. The fourth-order valence-corrected chi connectivity index (χ4v) is 2.13. The first-order valence-corrected chi connectivity index (χ1v) is 7.93. The molecule has 1 aromatic heterocycles. The minimum atomic E-state index is -1.30. The summed E-state index contributed by atoms with van der Waals surface area (Å²) in [6.45, 7) is 0.263. The number of hydrogen-bond acceptors (Lipinski definition) is 7. The standard InChI is InChI=1S/C16H19ClN4O4/c17-14-15(18)20-8-11(21-14)13(23)12(22)6-7-19-16(24)25-9-10-4-2-1-3-5-10/h1-5,8,12-13,22-23H,6-7,9H2,(H2,18,20)(H,19,24). The molecule has 2 atom stereocenters. The Labute approximate surface area is 149 Å². The third kappa shape index (κ3) is 5.86. The van der Waals surface area contributed by atoms with Crippen LogP contribution in [0, 0.1) is 0 Å². The highest BCUT2D eigenvalue weighted by Crippen LogP contribution is 2.20. The Morgan fingerprint density at radius 3 is 2.72 bits per heavy atom. The molecule has 134 valence electrons. The number of halogens is 1. The number of carbonyl (C=O) groups excluding carboxylic acids is 1. The number of benzene rings is 1. The number of nitrogens with one attached hydrogen (secondary N) is 1. The highest BCUT2D eigenvalue weighted by atomic mass is 35.5. The number of nitrogens with two attached hydrogens (primary N) is 1. The van der Waals surface area contributed by atoms with Gasteiger partial charge in [0.15, 0.2) is 11.0 Å². The predicted molar refractivity (Wildman–Crippen MR) is 91.7 cm³/mol. The molecule has 5 N–H and O–H groups in total. The molecule has 8 nitrogen and oxygen atoms in total.